The highest BCUT2D eigenvalue weighted by Gasteiger charge is 2.10. The first-order chi connectivity index (χ1) is 8.86. The Hall–Kier alpha value is -2.13. The van der Waals surface area contributed by atoms with Crippen LogP contribution in [0.3, 0.4) is 0 Å². The molecule has 0 fully saturated rings. The summed E-state index contributed by atoms with van der Waals surface area (Å²) in [5, 5.41) is 0. The Labute approximate surface area is 106 Å². The molecule has 2 rings (SSSR count). The van der Waals surface area contributed by atoms with Crippen molar-refractivity contribution in [3.8, 4) is 16.9 Å². The van der Waals surface area contributed by atoms with E-state index in [4.69, 9.17) is 9.47 Å². The molecule has 0 atom stereocenters. The highest BCUT2D eigenvalue weighted by molar-refractivity contribution is 5.86. The second-order valence-electron chi connectivity index (χ2n) is 3.76. The summed E-state index contributed by atoms with van der Waals surface area (Å²) >= 11 is 0. The number of rotatable bonds is 5. The van der Waals surface area contributed by atoms with Crippen molar-refractivity contribution in [2.45, 2.75) is 0 Å². The molecule has 0 bridgehead atoms. The Morgan fingerprint density at radius 1 is 1.06 bits per heavy atom. The minimum Gasteiger partial charge on any atom is -0.466 e. The fourth-order valence-electron chi connectivity index (χ4n) is 1.77. The summed E-state index contributed by atoms with van der Waals surface area (Å²) in [6, 6.07) is 15.3. The van der Waals surface area contributed by atoms with Gasteiger partial charge in [-0.1, -0.05) is 42.5 Å². The number of hydrogen-bond donors (Lipinski definition) is 0. The Kier molecular flexibility index (Phi) is 4.10. The summed E-state index contributed by atoms with van der Waals surface area (Å²) in [6.45, 7) is 0.116. The number of para-hydroxylation sites is 1. The van der Waals surface area contributed by atoms with Crippen molar-refractivity contribution in [2.75, 3.05) is 13.9 Å². The van der Waals surface area contributed by atoms with E-state index in [0.717, 1.165) is 17.4 Å². The Bertz CT molecular complexity index is 521. The third-order valence-corrected chi connectivity index (χ3v) is 2.58. The van der Waals surface area contributed by atoms with Crippen LogP contribution in [0.4, 0.5) is 0 Å². The number of hydrogen-bond acceptors (Lipinski definition) is 3. The van der Waals surface area contributed by atoms with Crippen LogP contribution in [0.15, 0.2) is 48.5 Å². The lowest BCUT2D eigenvalue weighted by molar-refractivity contribution is 0.0509. The van der Waals surface area contributed by atoms with Crippen molar-refractivity contribution in [3.05, 3.63) is 54.1 Å². The lowest BCUT2D eigenvalue weighted by Gasteiger charge is -2.12. The first-order valence-electron chi connectivity index (χ1n) is 5.62. The molecular weight excluding hydrogens is 228 g/mol. The molecule has 0 heterocycles. The van der Waals surface area contributed by atoms with Gasteiger partial charge >= 0.3 is 0 Å². The first-order valence-corrected chi connectivity index (χ1v) is 5.62. The molecule has 18 heavy (non-hydrogen) atoms. The number of carbonyl (C=O) groups is 1. The van der Waals surface area contributed by atoms with Gasteiger partial charge in [-0.2, -0.15) is 0 Å². The number of ether oxygens (including phenoxy) is 2. The van der Waals surface area contributed by atoms with Gasteiger partial charge in [0.05, 0.1) is 5.56 Å². The van der Waals surface area contributed by atoms with E-state index in [2.05, 4.69) is 0 Å². The Morgan fingerprint density at radius 2 is 1.83 bits per heavy atom. The average molecular weight is 242 g/mol. The van der Waals surface area contributed by atoms with Crippen LogP contribution in [0.25, 0.3) is 11.1 Å². The maximum absolute atomic E-state index is 11.1. The number of benzene rings is 2. The Balaban J connectivity index is 2.49. The summed E-state index contributed by atoms with van der Waals surface area (Å²) in [4.78, 5) is 11.1. The van der Waals surface area contributed by atoms with Crippen LogP contribution in [-0.4, -0.2) is 20.2 Å². The van der Waals surface area contributed by atoms with E-state index in [1.807, 2.05) is 42.5 Å². The highest BCUT2D eigenvalue weighted by Crippen LogP contribution is 2.32. The molecule has 2 aromatic rings. The molecule has 2 aromatic carbocycles. The Morgan fingerprint density at radius 3 is 2.50 bits per heavy atom. The molecule has 0 unspecified atom stereocenters. The highest BCUT2D eigenvalue weighted by atomic mass is 16.7. The maximum atomic E-state index is 11.1. The minimum atomic E-state index is 0.116. The van der Waals surface area contributed by atoms with E-state index in [9.17, 15) is 4.79 Å². The van der Waals surface area contributed by atoms with Crippen molar-refractivity contribution < 1.29 is 14.3 Å². The number of methoxy groups -OCH3 is 1. The molecule has 0 aliphatic carbocycles. The van der Waals surface area contributed by atoms with Gasteiger partial charge in [-0.15, -0.1) is 0 Å². The number of carbonyl (C=O) groups excluding carboxylic acids is 1. The van der Waals surface area contributed by atoms with Crippen LogP contribution in [0, 0.1) is 0 Å². The molecule has 3 nitrogen and oxygen atoms in total. The largest absolute Gasteiger partial charge is 0.466 e. The fraction of sp³-hybridized carbons (Fsp3) is 0.133. The summed E-state index contributed by atoms with van der Waals surface area (Å²) in [5.74, 6) is 0.556. The monoisotopic (exact) mass is 242 g/mol. The molecule has 0 saturated carbocycles. The standard InChI is InChI=1S/C15H14O3/c1-17-11-18-15-13(10-16)8-5-9-14(15)12-6-3-2-4-7-12/h2-10H,11H2,1H3. The SMILES string of the molecule is COCOc1c(C=O)cccc1-c1ccccc1. The molecule has 0 aliphatic heterocycles. The molecule has 0 N–H and O–H groups in total. The third kappa shape index (κ3) is 2.57. The summed E-state index contributed by atoms with van der Waals surface area (Å²) in [6.07, 6.45) is 0.789. The predicted molar refractivity (Wildman–Crippen MR) is 69.8 cm³/mol. The zero-order valence-electron chi connectivity index (χ0n) is 10.1. The van der Waals surface area contributed by atoms with Crippen molar-refractivity contribution in [1.29, 1.82) is 0 Å². The van der Waals surface area contributed by atoms with Crippen LogP contribution in [0.2, 0.25) is 0 Å². The molecule has 0 aromatic heterocycles. The van der Waals surface area contributed by atoms with Crippen LogP contribution in [0.1, 0.15) is 10.4 Å². The maximum Gasteiger partial charge on any atom is 0.188 e. The lowest BCUT2D eigenvalue weighted by Crippen LogP contribution is -2.03. The predicted octanol–water partition coefficient (Wildman–Crippen LogP) is 3.15. The summed E-state index contributed by atoms with van der Waals surface area (Å²) < 4.78 is 10.4. The zero-order chi connectivity index (χ0) is 12.8. The van der Waals surface area contributed by atoms with Crippen molar-refractivity contribution >= 4 is 6.29 Å². The van der Waals surface area contributed by atoms with E-state index in [0.29, 0.717) is 11.3 Å². The summed E-state index contributed by atoms with van der Waals surface area (Å²) in [5.41, 5.74) is 2.41. The van der Waals surface area contributed by atoms with Gasteiger partial charge in [0.1, 0.15) is 5.75 Å². The number of aldehydes is 1. The first kappa shape index (κ1) is 12.3. The molecule has 0 aliphatic rings. The van der Waals surface area contributed by atoms with Gasteiger partial charge in [-0.25, -0.2) is 0 Å². The van der Waals surface area contributed by atoms with Gasteiger partial charge in [0.25, 0.3) is 0 Å². The molecule has 0 amide bonds. The van der Waals surface area contributed by atoms with Crippen molar-refractivity contribution in [2.24, 2.45) is 0 Å². The van der Waals surface area contributed by atoms with Crippen LogP contribution >= 0.6 is 0 Å². The van der Waals surface area contributed by atoms with Gasteiger partial charge in [-0.3, -0.25) is 4.79 Å². The van der Waals surface area contributed by atoms with E-state index in [1.165, 1.54) is 0 Å². The van der Waals surface area contributed by atoms with Gasteiger partial charge in [0, 0.05) is 12.7 Å². The molecule has 3 heteroatoms. The molecule has 92 valence electrons. The summed E-state index contributed by atoms with van der Waals surface area (Å²) in [7, 11) is 1.55. The smallest absolute Gasteiger partial charge is 0.188 e. The van der Waals surface area contributed by atoms with Gasteiger partial charge < -0.3 is 9.47 Å². The topological polar surface area (TPSA) is 35.5 Å². The molecule has 0 spiro atoms. The van der Waals surface area contributed by atoms with Gasteiger partial charge in [-0.05, 0) is 11.6 Å². The van der Waals surface area contributed by atoms with Crippen LogP contribution < -0.4 is 4.74 Å². The van der Waals surface area contributed by atoms with Crippen molar-refractivity contribution in [1.82, 2.24) is 0 Å². The van der Waals surface area contributed by atoms with Crippen LogP contribution in [-0.2, 0) is 4.74 Å². The second-order valence-corrected chi connectivity index (χ2v) is 3.76. The lowest BCUT2D eigenvalue weighted by atomic mass is 10.0. The van der Waals surface area contributed by atoms with E-state index in [1.54, 1.807) is 13.2 Å². The van der Waals surface area contributed by atoms with E-state index in [-0.39, 0.29) is 6.79 Å². The normalized spacial score (nSPS) is 10.1. The van der Waals surface area contributed by atoms with Crippen LogP contribution in [0.5, 0.6) is 5.75 Å². The molecule has 0 radical (unpaired) electrons. The quantitative estimate of drug-likeness (QED) is 0.597. The molecule has 0 saturated heterocycles. The zero-order valence-corrected chi connectivity index (χ0v) is 10.1. The van der Waals surface area contributed by atoms with Crippen molar-refractivity contribution in [3.63, 3.8) is 0 Å². The van der Waals surface area contributed by atoms with Gasteiger partial charge in [0.2, 0.25) is 0 Å². The minimum absolute atomic E-state index is 0.116. The fourth-order valence-corrected chi connectivity index (χ4v) is 1.77. The van der Waals surface area contributed by atoms with E-state index < -0.39 is 0 Å². The van der Waals surface area contributed by atoms with Gasteiger partial charge in [0.15, 0.2) is 13.1 Å². The second kappa shape index (κ2) is 5.98. The third-order valence-electron chi connectivity index (χ3n) is 2.58. The molecular formula is C15H14O3. The van der Waals surface area contributed by atoms with E-state index >= 15 is 0 Å². The average Bonchev–Trinajstić information content (AvgIpc) is 2.45.